The lowest BCUT2D eigenvalue weighted by atomic mass is 10.0. The van der Waals surface area contributed by atoms with Gasteiger partial charge in [0, 0.05) is 10.9 Å². The van der Waals surface area contributed by atoms with Gasteiger partial charge in [0.25, 0.3) is 0 Å². The standard InChI is InChI=1S/C20H19NO3/c1-3-13-9-11-14(12-10-13)18-17(20(23)24-4-2)19(22)15-7-5-6-8-16(15)21-18/h5-12H,3-4H2,1-2H3,(H,21,22). The van der Waals surface area contributed by atoms with Crippen LogP contribution < -0.4 is 5.43 Å². The molecule has 122 valence electrons. The van der Waals surface area contributed by atoms with Gasteiger partial charge in [-0.2, -0.15) is 0 Å². The molecular formula is C20H19NO3. The quantitative estimate of drug-likeness (QED) is 0.741. The number of rotatable bonds is 4. The minimum absolute atomic E-state index is 0.0554. The lowest BCUT2D eigenvalue weighted by molar-refractivity contribution is 0.0525. The van der Waals surface area contributed by atoms with E-state index >= 15 is 0 Å². The van der Waals surface area contributed by atoms with Crippen molar-refractivity contribution in [3.05, 3.63) is 69.9 Å². The van der Waals surface area contributed by atoms with Crippen molar-refractivity contribution in [1.29, 1.82) is 0 Å². The zero-order valence-corrected chi connectivity index (χ0v) is 13.8. The molecule has 0 bridgehead atoms. The summed E-state index contributed by atoms with van der Waals surface area (Å²) in [6.45, 7) is 4.03. The average Bonchev–Trinajstić information content (AvgIpc) is 2.62. The minimum atomic E-state index is -0.598. The van der Waals surface area contributed by atoms with E-state index in [0.717, 1.165) is 12.0 Å². The number of carbonyl (C=O) groups excluding carboxylic acids is 1. The van der Waals surface area contributed by atoms with E-state index in [1.165, 1.54) is 5.56 Å². The zero-order valence-electron chi connectivity index (χ0n) is 13.8. The maximum absolute atomic E-state index is 12.8. The van der Waals surface area contributed by atoms with E-state index in [1.807, 2.05) is 36.4 Å². The van der Waals surface area contributed by atoms with Crippen LogP contribution in [0, 0.1) is 0 Å². The number of pyridine rings is 1. The molecule has 0 fully saturated rings. The number of aryl methyl sites for hydroxylation is 1. The van der Waals surface area contributed by atoms with Crippen LogP contribution >= 0.6 is 0 Å². The van der Waals surface area contributed by atoms with E-state index < -0.39 is 5.97 Å². The Morgan fingerprint density at radius 3 is 2.42 bits per heavy atom. The van der Waals surface area contributed by atoms with Gasteiger partial charge in [0.2, 0.25) is 5.43 Å². The van der Waals surface area contributed by atoms with Crippen molar-refractivity contribution >= 4 is 16.9 Å². The van der Waals surface area contributed by atoms with Gasteiger partial charge in [0.1, 0.15) is 5.56 Å². The summed E-state index contributed by atoms with van der Waals surface area (Å²) in [6.07, 6.45) is 0.930. The Morgan fingerprint density at radius 1 is 1.04 bits per heavy atom. The molecule has 0 aliphatic rings. The largest absolute Gasteiger partial charge is 0.462 e. The van der Waals surface area contributed by atoms with Crippen LogP contribution in [-0.2, 0) is 11.2 Å². The number of carbonyl (C=O) groups is 1. The predicted octanol–water partition coefficient (Wildman–Crippen LogP) is 3.93. The number of para-hydroxylation sites is 1. The SMILES string of the molecule is CCOC(=O)c1c(-c2ccc(CC)cc2)[nH]c2ccccc2c1=O. The Balaban J connectivity index is 2.29. The number of aromatic amines is 1. The molecule has 1 heterocycles. The summed E-state index contributed by atoms with van der Waals surface area (Å²) in [7, 11) is 0. The fraction of sp³-hybridized carbons (Fsp3) is 0.200. The minimum Gasteiger partial charge on any atom is -0.462 e. The third-order valence-corrected chi connectivity index (χ3v) is 4.04. The number of hydrogen-bond donors (Lipinski definition) is 1. The number of ether oxygens (including phenoxy) is 1. The Kier molecular flexibility index (Phi) is 4.47. The van der Waals surface area contributed by atoms with Gasteiger partial charge in [-0.3, -0.25) is 4.79 Å². The normalized spacial score (nSPS) is 10.8. The number of H-pyrrole nitrogens is 1. The van der Waals surface area contributed by atoms with Crippen molar-refractivity contribution in [2.24, 2.45) is 0 Å². The Hall–Kier alpha value is -2.88. The van der Waals surface area contributed by atoms with Gasteiger partial charge in [-0.25, -0.2) is 4.79 Å². The maximum Gasteiger partial charge on any atom is 0.344 e. The Morgan fingerprint density at radius 2 is 1.75 bits per heavy atom. The van der Waals surface area contributed by atoms with E-state index in [-0.39, 0.29) is 17.6 Å². The van der Waals surface area contributed by atoms with Crippen LogP contribution in [0.3, 0.4) is 0 Å². The fourth-order valence-electron chi connectivity index (χ4n) is 2.76. The van der Waals surface area contributed by atoms with Crippen molar-refractivity contribution in [2.45, 2.75) is 20.3 Å². The lowest BCUT2D eigenvalue weighted by Gasteiger charge is -2.11. The van der Waals surface area contributed by atoms with Gasteiger partial charge in [-0.15, -0.1) is 0 Å². The summed E-state index contributed by atoms with van der Waals surface area (Å²) >= 11 is 0. The smallest absolute Gasteiger partial charge is 0.344 e. The molecular weight excluding hydrogens is 302 g/mol. The van der Waals surface area contributed by atoms with Gasteiger partial charge >= 0.3 is 5.97 Å². The number of fused-ring (bicyclic) bond motifs is 1. The highest BCUT2D eigenvalue weighted by Crippen LogP contribution is 2.24. The molecule has 24 heavy (non-hydrogen) atoms. The molecule has 0 saturated carbocycles. The molecule has 4 nitrogen and oxygen atoms in total. The first kappa shape index (κ1) is 16.0. The van der Waals surface area contributed by atoms with Crippen molar-refractivity contribution in [2.75, 3.05) is 6.61 Å². The average molecular weight is 321 g/mol. The van der Waals surface area contributed by atoms with Crippen LogP contribution in [0.15, 0.2) is 53.3 Å². The highest BCUT2D eigenvalue weighted by Gasteiger charge is 2.21. The van der Waals surface area contributed by atoms with Crippen molar-refractivity contribution in [1.82, 2.24) is 4.98 Å². The molecule has 0 aliphatic carbocycles. The summed E-state index contributed by atoms with van der Waals surface area (Å²) in [6, 6.07) is 15.0. The first-order chi connectivity index (χ1) is 11.7. The topological polar surface area (TPSA) is 59.2 Å². The fourth-order valence-corrected chi connectivity index (χ4v) is 2.76. The van der Waals surface area contributed by atoms with E-state index in [1.54, 1.807) is 19.1 Å². The molecule has 3 aromatic rings. The number of benzene rings is 2. The van der Waals surface area contributed by atoms with Crippen molar-refractivity contribution in [3.8, 4) is 11.3 Å². The molecule has 0 spiro atoms. The van der Waals surface area contributed by atoms with Gasteiger partial charge in [-0.1, -0.05) is 43.3 Å². The summed E-state index contributed by atoms with van der Waals surface area (Å²) in [4.78, 5) is 28.5. The second kappa shape index (κ2) is 6.71. The molecule has 3 rings (SSSR count). The summed E-state index contributed by atoms with van der Waals surface area (Å²) in [5.74, 6) is -0.598. The van der Waals surface area contributed by atoms with Gasteiger partial charge in [0.15, 0.2) is 0 Å². The molecule has 1 aromatic heterocycles. The van der Waals surface area contributed by atoms with Crippen LogP contribution in [-0.4, -0.2) is 17.6 Å². The molecule has 0 atom stereocenters. The van der Waals surface area contributed by atoms with E-state index in [2.05, 4.69) is 11.9 Å². The number of hydrogen-bond acceptors (Lipinski definition) is 3. The van der Waals surface area contributed by atoms with E-state index in [9.17, 15) is 9.59 Å². The van der Waals surface area contributed by atoms with Crippen LogP contribution in [0.1, 0.15) is 29.8 Å². The molecule has 0 saturated heterocycles. The molecule has 4 heteroatoms. The van der Waals surface area contributed by atoms with Gasteiger partial charge in [-0.05, 0) is 36.6 Å². The number of esters is 1. The number of aromatic nitrogens is 1. The van der Waals surface area contributed by atoms with Gasteiger partial charge in [0.05, 0.1) is 12.3 Å². The Labute approximate surface area is 140 Å². The third-order valence-electron chi connectivity index (χ3n) is 4.04. The molecule has 1 N–H and O–H groups in total. The lowest BCUT2D eigenvalue weighted by Crippen LogP contribution is -2.20. The van der Waals surface area contributed by atoms with Crippen molar-refractivity contribution < 1.29 is 9.53 Å². The Bertz CT molecular complexity index is 939. The van der Waals surface area contributed by atoms with Gasteiger partial charge < -0.3 is 9.72 Å². The second-order valence-corrected chi connectivity index (χ2v) is 5.52. The molecule has 0 aliphatic heterocycles. The van der Waals surface area contributed by atoms with Crippen LogP contribution in [0.4, 0.5) is 0 Å². The summed E-state index contributed by atoms with van der Waals surface area (Å²) in [5, 5.41) is 0.481. The molecule has 0 radical (unpaired) electrons. The molecule has 2 aromatic carbocycles. The maximum atomic E-state index is 12.8. The van der Waals surface area contributed by atoms with Crippen LogP contribution in [0.5, 0.6) is 0 Å². The van der Waals surface area contributed by atoms with Crippen LogP contribution in [0.25, 0.3) is 22.2 Å². The van der Waals surface area contributed by atoms with E-state index in [4.69, 9.17) is 4.74 Å². The monoisotopic (exact) mass is 321 g/mol. The highest BCUT2D eigenvalue weighted by atomic mass is 16.5. The molecule has 0 amide bonds. The molecule has 0 unspecified atom stereocenters. The summed E-state index contributed by atoms with van der Waals surface area (Å²) < 4.78 is 5.11. The van der Waals surface area contributed by atoms with E-state index in [0.29, 0.717) is 16.6 Å². The predicted molar refractivity (Wildman–Crippen MR) is 95.3 cm³/mol. The highest BCUT2D eigenvalue weighted by molar-refractivity contribution is 6.00. The third kappa shape index (κ3) is 2.83. The first-order valence-corrected chi connectivity index (χ1v) is 8.07. The second-order valence-electron chi connectivity index (χ2n) is 5.52. The number of nitrogens with one attached hydrogen (secondary N) is 1. The van der Waals surface area contributed by atoms with Crippen LogP contribution in [0.2, 0.25) is 0 Å². The summed E-state index contributed by atoms with van der Waals surface area (Å²) in [5.41, 5.74) is 2.93. The van der Waals surface area contributed by atoms with Crippen molar-refractivity contribution in [3.63, 3.8) is 0 Å². The first-order valence-electron chi connectivity index (χ1n) is 8.07. The zero-order chi connectivity index (χ0) is 17.1.